The molecule has 0 spiro atoms. The van der Waals surface area contributed by atoms with Crippen LogP contribution in [0.1, 0.15) is 36.9 Å². The van der Waals surface area contributed by atoms with Crippen molar-refractivity contribution >= 4 is 41.4 Å². The fraction of sp³-hybridized carbons (Fsp3) is 0.692. The Balaban J connectivity index is 0.00000361. The lowest BCUT2D eigenvalue weighted by atomic mass is 10.2. The number of rotatable bonds is 8. The van der Waals surface area contributed by atoms with E-state index in [1.165, 1.54) is 0 Å². The molecule has 0 aromatic carbocycles. The third-order valence-corrected chi connectivity index (χ3v) is 4.55. The normalized spacial score (nSPS) is 12.1. The van der Waals surface area contributed by atoms with Gasteiger partial charge in [0.15, 0.2) is 0 Å². The minimum absolute atomic E-state index is 0. The van der Waals surface area contributed by atoms with E-state index >= 15 is 0 Å². The van der Waals surface area contributed by atoms with Crippen LogP contribution >= 0.6 is 35.5 Å². The second-order valence-corrected chi connectivity index (χ2v) is 6.64. The Morgan fingerprint density at radius 2 is 2.25 bits per heavy atom. The number of carbonyl (C=O) groups excluding carboxylic acids is 1. The van der Waals surface area contributed by atoms with Gasteiger partial charge in [0.2, 0.25) is 5.91 Å². The summed E-state index contributed by atoms with van der Waals surface area (Å²) in [6.45, 7) is 4.87. The van der Waals surface area contributed by atoms with Crippen LogP contribution in [-0.2, 0) is 11.2 Å². The molecule has 0 fully saturated rings. The molecule has 1 rings (SSSR count). The Labute approximate surface area is 135 Å². The Morgan fingerprint density at radius 3 is 2.80 bits per heavy atom. The molecule has 0 unspecified atom stereocenters. The number of carbonyl (C=O) groups is 1. The third kappa shape index (κ3) is 6.92. The summed E-state index contributed by atoms with van der Waals surface area (Å²) in [5, 5.41) is 6.09. The van der Waals surface area contributed by atoms with Crippen LogP contribution in [0.2, 0.25) is 0 Å². The molecular formula is C13H24ClN3OS2. The average Bonchev–Trinajstić information content (AvgIpc) is 2.84. The minimum atomic E-state index is -0.394. The molecule has 0 bridgehead atoms. The van der Waals surface area contributed by atoms with E-state index in [1.807, 2.05) is 6.26 Å². The SMILES string of the molecule is CSCC[C@H](N)C(=O)NCCc1csc(C(C)C)n1.Cl. The highest BCUT2D eigenvalue weighted by molar-refractivity contribution is 7.98. The van der Waals surface area contributed by atoms with Gasteiger partial charge in [-0.2, -0.15) is 11.8 Å². The van der Waals surface area contributed by atoms with Crippen molar-refractivity contribution in [3.05, 3.63) is 16.1 Å². The number of thiazole rings is 1. The van der Waals surface area contributed by atoms with Crippen LogP contribution < -0.4 is 11.1 Å². The molecule has 0 aliphatic carbocycles. The maximum absolute atomic E-state index is 11.7. The maximum Gasteiger partial charge on any atom is 0.236 e. The van der Waals surface area contributed by atoms with E-state index in [4.69, 9.17) is 5.73 Å². The van der Waals surface area contributed by atoms with Gasteiger partial charge in [-0.3, -0.25) is 4.79 Å². The van der Waals surface area contributed by atoms with Gasteiger partial charge in [0.25, 0.3) is 0 Å². The van der Waals surface area contributed by atoms with Crippen molar-refractivity contribution in [1.82, 2.24) is 10.3 Å². The molecular weight excluding hydrogens is 314 g/mol. The first-order valence-electron chi connectivity index (χ1n) is 6.51. The van der Waals surface area contributed by atoms with Crippen molar-refractivity contribution in [2.24, 2.45) is 5.73 Å². The molecule has 1 aromatic heterocycles. The predicted octanol–water partition coefficient (Wildman–Crippen LogP) is 2.43. The number of thioether (sulfide) groups is 1. The van der Waals surface area contributed by atoms with Gasteiger partial charge in [0.05, 0.1) is 16.7 Å². The highest BCUT2D eigenvalue weighted by Crippen LogP contribution is 2.19. The molecule has 4 nitrogen and oxygen atoms in total. The lowest BCUT2D eigenvalue weighted by Crippen LogP contribution is -2.41. The van der Waals surface area contributed by atoms with Crippen molar-refractivity contribution in [3.63, 3.8) is 0 Å². The Hall–Kier alpha value is -0.300. The van der Waals surface area contributed by atoms with Crippen LogP contribution in [0.15, 0.2) is 5.38 Å². The predicted molar refractivity (Wildman–Crippen MR) is 91.1 cm³/mol. The number of hydrogen-bond donors (Lipinski definition) is 2. The molecule has 7 heteroatoms. The zero-order valence-electron chi connectivity index (χ0n) is 12.2. The highest BCUT2D eigenvalue weighted by Gasteiger charge is 2.12. The zero-order chi connectivity index (χ0) is 14.3. The number of amides is 1. The Kier molecular flexibility index (Phi) is 10.3. The molecule has 0 saturated carbocycles. The van der Waals surface area contributed by atoms with Crippen molar-refractivity contribution in [2.45, 2.75) is 38.6 Å². The number of halogens is 1. The first kappa shape index (κ1) is 19.7. The van der Waals surface area contributed by atoms with E-state index in [0.29, 0.717) is 12.5 Å². The minimum Gasteiger partial charge on any atom is -0.354 e. The van der Waals surface area contributed by atoms with Crippen LogP contribution in [0.25, 0.3) is 0 Å². The lowest BCUT2D eigenvalue weighted by molar-refractivity contribution is -0.122. The fourth-order valence-corrected chi connectivity index (χ4v) is 2.88. The first-order valence-corrected chi connectivity index (χ1v) is 8.78. The third-order valence-electron chi connectivity index (χ3n) is 2.71. The fourth-order valence-electron chi connectivity index (χ4n) is 1.52. The van der Waals surface area contributed by atoms with Gasteiger partial charge < -0.3 is 11.1 Å². The second-order valence-electron chi connectivity index (χ2n) is 4.76. The van der Waals surface area contributed by atoms with Gasteiger partial charge in [0.1, 0.15) is 0 Å². The van der Waals surface area contributed by atoms with Crippen LogP contribution in [0.4, 0.5) is 0 Å². The van der Waals surface area contributed by atoms with Crippen LogP contribution in [0.5, 0.6) is 0 Å². The average molecular weight is 338 g/mol. The summed E-state index contributed by atoms with van der Waals surface area (Å²) < 4.78 is 0. The molecule has 20 heavy (non-hydrogen) atoms. The highest BCUT2D eigenvalue weighted by atomic mass is 35.5. The van der Waals surface area contributed by atoms with Crippen molar-refractivity contribution in [3.8, 4) is 0 Å². The van der Waals surface area contributed by atoms with Gasteiger partial charge in [-0.25, -0.2) is 4.98 Å². The number of hydrogen-bond acceptors (Lipinski definition) is 5. The number of nitrogens with two attached hydrogens (primary N) is 1. The molecule has 1 atom stereocenters. The molecule has 0 aliphatic heterocycles. The largest absolute Gasteiger partial charge is 0.354 e. The lowest BCUT2D eigenvalue weighted by Gasteiger charge is -2.10. The van der Waals surface area contributed by atoms with Gasteiger partial charge in [-0.05, 0) is 18.4 Å². The van der Waals surface area contributed by atoms with E-state index in [2.05, 4.69) is 29.5 Å². The number of aromatic nitrogens is 1. The first-order chi connectivity index (χ1) is 9.04. The monoisotopic (exact) mass is 337 g/mol. The summed E-state index contributed by atoms with van der Waals surface area (Å²) in [5.74, 6) is 1.32. The molecule has 116 valence electrons. The van der Waals surface area contributed by atoms with Crippen molar-refractivity contribution in [1.29, 1.82) is 0 Å². The van der Waals surface area contributed by atoms with Gasteiger partial charge >= 0.3 is 0 Å². The second kappa shape index (κ2) is 10.4. The van der Waals surface area contributed by atoms with Gasteiger partial charge in [0, 0.05) is 24.3 Å². The zero-order valence-corrected chi connectivity index (χ0v) is 14.7. The number of nitrogens with one attached hydrogen (secondary N) is 1. The smallest absolute Gasteiger partial charge is 0.236 e. The topological polar surface area (TPSA) is 68.0 Å². The van der Waals surface area contributed by atoms with Gasteiger partial charge in [-0.15, -0.1) is 23.7 Å². The van der Waals surface area contributed by atoms with E-state index in [-0.39, 0.29) is 18.3 Å². The van der Waals surface area contributed by atoms with Crippen LogP contribution in [0, 0.1) is 0 Å². The molecule has 0 aliphatic rings. The summed E-state index contributed by atoms with van der Waals surface area (Å²) in [6.07, 6.45) is 3.50. The quantitative estimate of drug-likeness (QED) is 0.764. The van der Waals surface area contributed by atoms with Gasteiger partial charge in [-0.1, -0.05) is 13.8 Å². The Bertz CT molecular complexity index is 399. The van der Waals surface area contributed by atoms with Crippen LogP contribution in [0.3, 0.4) is 0 Å². The summed E-state index contributed by atoms with van der Waals surface area (Å²) in [4.78, 5) is 16.2. The van der Waals surface area contributed by atoms with Crippen LogP contribution in [-0.4, -0.2) is 35.5 Å². The molecule has 1 amide bonds. The summed E-state index contributed by atoms with van der Waals surface area (Å²) in [5.41, 5.74) is 6.84. The van der Waals surface area contributed by atoms with E-state index in [0.717, 1.165) is 29.3 Å². The summed E-state index contributed by atoms with van der Waals surface area (Å²) in [7, 11) is 0. The van der Waals surface area contributed by atoms with Crippen molar-refractivity contribution in [2.75, 3.05) is 18.6 Å². The van der Waals surface area contributed by atoms with E-state index < -0.39 is 6.04 Å². The Morgan fingerprint density at radius 1 is 1.55 bits per heavy atom. The molecule has 0 saturated heterocycles. The molecule has 1 heterocycles. The standard InChI is InChI=1S/C13H23N3OS2.ClH/c1-9(2)13-16-10(8-19-13)4-6-15-12(17)11(14)5-7-18-3;/h8-9,11H,4-7,14H2,1-3H3,(H,15,17);1H/t11-;/m0./s1. The summed E-state index contributed by atoms with van der Waals surface area (Å²) in [6, 6.07) is -0.394. The number of nitrogens with zero attached hydrogens (tertiary/aromatic N) is 1. The van der Waals surface area contributed by atoms with E-state index in [9.17, 15) is 4.79 Å². The molecule has 3 N–H and O–H groups in total. The van der Waals surface area contributed by atoms with Crippen molar-refractivity contribution < 1.29 is 4.79 Å². The molecule has 0 radical (unpaired) electrons. The summed E-state index contributed by atoms with van der Waals surface area (Å²) >= 11 is 3.39. The molecule has 1 aromatic rings. The maximum atomic E-state index is 11.7. The van der Waals surface area contributed by atoms with E-state index in [1.54, 1.807) is 23.1 Å².